The number of hydrogen-bond donors (Lipinski definition) is 0. The van der Waals surface area contributed by atoms with Gasteiger partial charge in [-0.1, -0.05) is 53.9 Å². The Morgan fingerprint density at radius 2 is 1.88 bits per heavy atom. The highest BCUT2D eigenvalue weighted by molar-refractivity contribution is 9.10. The van der Waals surface area contributed by atoms with E-state index in [4.69, 9.17) is 0 Å². The molecule has 1 aliphatic rings. The predicted molar refractivity (Wildman–Crippen MR) is 111 cm³/mol. The quantitative estimate of drug-likeness (QED) is 0.669. The first-order chi connectivity index (χ1) is 12.4. The lowest BCUT2D eigenvalue weighted by Crippen LogP contribution is -2.40. The Kier molecular flexibility index (Phi) is 5.75. The minimum atomic E-state index is -3.56. The maximum absolute atomic E-state index is 13.3. The molecule has 2 aromatic carbocycles. The van der Waals surface area contributed by atoms with E-state index in [1.807, 2.05) is 43.3 Å². The highest BCUT2D eigenvalue weighted by atomic mass is 79.9. The Morgan fingerprint density at radius 3 is 2.54 bits per heavy atom. The second-order valence-electron chi connectivity index (χ2n) is 6.83. The Labute approximate surface area is 165 Å². The van der Waals surface area contributed by atoms with Crippen LogP contribution in [0.1, 0.15) is 31.7 Å². The van der Waals surface area contributed by atoms with E-state index in [9.17, 15) is 8.42 Å². The normalized spacial score (nSPS) is 19.8. The Balaban J connectivity index is 2.21. The first-order valence-electron chi connectivity index (χ1n) is 8.97. The molecule has 0 saturated heterocycles. The van der Waals surface area contributed by atoms with Gasteiger partial charge in [0.1, 0.15) is 4.90 Å². The first-order valence-corrected chi connectivity index (χ1v) is 11.2. The van der Waals surface area contributed by atoms with Crippen molar-refractivity contribution in [3.8, 4) is 0 Å². The zero-order valence-electron chi connectivity index (χ0n) is 15.4. The molecule has 0 N–H and O–H groups in total. The lowest BCUT2D eigenvalue weighted by Gasteiger charge is -2.29. The first kappa shape index (κ1) is 19.4. The molecule has 0 aliphatic carbocycles. The van der Waals surface area contributed by atoms with Crippen molar-refractivity contribution in [2.75, 3.05) is 18.5 Å². The van der Waals surface area contributed by atoms with Crippen molar-refractivity contribution < 1.29 is 8.42 Å². The molecule has 140 valence electrons. The Morgan fingerprint density at radius 1 is 1.19 bits per heavy atom. The summed E-state index contributed by atoms with van der Waals surface area (Å²) >= 11 is 3.50. The monoisotopic (exact) mass is 436 g/mol. The molecular formula is C20H25BrN2O2S. The molecular weight excluding hydrogens is 412 g/mol. The second-order valence-corrected chi connectivity index (χ2v) is 9.65. The molecule has 1 unspecified atom stereocenters. The second kappa shape index (κ2) is 7.71. The van der Waals surface area contributed by atoms with Crippen molar-refractivity contribution in [2.24, 2.45) is 0 Å². The van der Waals surface area contributed by atoms with Crippen LogP contribution in [0.4, 0.5) is 11.4 Å². The van der Waals surface area contributed by atoms with Gasteiger partial charge in [0.25, 0.3) is 0 Å². The van der Waals surface area contributed by atoms with Gasteiger partial charge in [0, 0.05) is 29.8 Å². The van der Waals surface area contributed by atoms with E-state index in [2.05, 4.69) is 27.8 Å². The molecule has 2 aromatic rings. The molecule has 1 aliphatic heterocycles. The minimum Gasteiger partial charge on any atom is -0.339 e. The third kappa shape index (κ3) is 3.55. The molecule has 3 rings (SSSR count). The molecule has 0 radical (unpaired) electrons. The summed E-state index contributed by atoms with van der Waals surface area (Å²) in [4.78, 5) is 2.51. The zero-order valence-corrected chi connectivity index (χ0v) is 17.8. The van der Waals surface area contributed by atoms with Crippen LogP contribution in [0.2, 0.25) is 0 Å². The number of hydrogen-bond acceptors (Lipinski definition) is 3. The van der Waals surface area contributed by atoms with Crippen LogP contribution >= 0.6 is 15.9 Å². The fourth-order valence-corrected chi connectivity index (χ4v) is 5.48. The zero-order chi connectivity index (χ0) is 18.9. The summed E-state index contributed by atoms with van der Waals surface area (Å²) in [7, 11) is -1.85. The van der Waals surface area contributed by atoms with Gasteiger partial charge < -0.3 is 4.90 Å². The van der Waals surface area contributed by atoms with E-state index in [0.717, 1.165) is 40.7 Å². The van der Waals surface area contributed by atoms with Crippen LogP contribution in [-0.2, 0) is 10.0 Å². The number of fused-ring (bicyclic) bond motifs is 1. The van der Waals surface area contributed by atoms with E-state index >= 15 is 0 Å². The van der Waals surface area contributed by atoms with Gasteiger partial charge >= 0.3 is 0 Å². The van der Waals surface area contributed by atoms with E-state index in [-0.39, 0.29) is 6.04 Å². The van der Waals surface area contributed by atoms with Crippen molar-refractivity contribution in [3.63, 3.8) is 0 Å². The van der Waals surface area contributed by atoms with Crippen molar-refractivity contribution in [1.29, 1.82) is 0 Å². The van der Waals surface area contributed by atoms with Crippen LogP contribution in [0.15, 0.2) is 51.8 Å². The van der Waals surface area contributed by atoms with E-state index < -0.39 is 10.0 Å². The number of rotatable bonds is 4. The summed E-state index contributed by atoms with van der Waals surface area (Å²) in [5, 5.41) is 0. The maximum Gasteiger partial charge on any atom is 0.245 e. The number of unbranched alkanes of at least 4 members (excludes halogenated alkanes) is 1. The fourth-order valence-electron chi connectivity index (χ4n) is 3.41. The predicted octanol–water partition coefficient (Wildman–Crippen LogP) is 5.09. The molecule has 4 nitrogen and oxygen atoms in total. The number of aryl methyl sites for hydroxylation is 1. The van der Waals surface area contributed by atoms with Gasteiger partial charge in [0.05, 0.1) is 5.69 Å². The summed E-state index contributed by atoms with van der Waals surface area (Å²) in [6, 6.07) is 13.7. The van der Waals surface area contributed by atoms with E-state index in [1.165, 1.54) is 0 Å². The third-order valence-corrected chi connectivity index (χ3v) is 7.85. The van der Waals surface area contributed by atoms with Gasteiger partial charge in [-0.25, -0.2) is 8.42 Å². The molecule has 0 aromatic heterocycles. The highest BCUT2D eigenvalue weighted by Gasteiger charge is 2.36. The average molecular weight is 437 g/mol. The molecule has 0 spiro atoms. The lowest BCUT2D eigenvalue weighted by molar-refractivity contribution is 0.351. The fraction of sp³-hybridized carbons (Fsp3) is 0.400. The summed E-state index contributed by atoms with van der Waals surface area (Å²) in [6.45, 7) is 4.77. The summed E-state index contributed by atoms with van der Waals surface area (Å²) in [5.74, 6) is 0. The lowest BCUT2D eigenvalue weighted by atomic mass is 10.1. The highest BCUT2D eigenvalue weighted by Crippen LogP contribution is 2.40. The van der Waals surface area contributed by atoms with Gasteiger partial charge in [-0.15, -0.1) is 0 Å². The van der Waals surface area contributed by atoms with E-state index in [0.29, 0.717) is 11.4 Å². The van der Waals surface area contributed by atoms with Crippen LogP contribution in [0.5, 0.6) is 0 Å². The summed E-state index contributed by atoms with van der Waals surface area (Å²) < 4.78 is 29.0. The number of nitrogens with zero attached hydrogens (tertiary/aromatic N) is 2. The van der Waals surface area contributed by atoms with Crippen LogP contribution in [0, 0.1) is 6.92 Å². The topological polar surface area (TPSA) is 40.6 Å². The van der Waals surface area contributed by atoms with Crippen molar-refractivity contribution >= 4 is 37.3 Å². The standard InChI is InChI=1S/C20H25BrN2O2S/c1-4-5-9-17-14-23(16-10-7-6-8-11-16)19-12-15(2)18(21)13-20(19)26(24,25)22(17)3/h6-8,10-13,17H,4-5,9,14H2,1-3H3. The van der Waals surface area contributed by atoms with Gasteiger partial charge in [0.2, 0.25) is 10.0 Å². The van der Waals surface area contributed by atoms with Gasteiger partial charge in [0.15, 0.2) is 0 Å². The smallest absolute Gasteiger partial charge is 0.245 e. The minimum absolute atomic E-state index is 0.0633. The van der Waals surface area contributed by atoms with Crippen molar-refractivity contribution in [3.05, 3.63) is 52.5 Å². The van der Waals surface area contributed by atoms with Crippen molar-refractivity contribution in [1.82, 2.24) is 4.31 Å². The molecule has 26 heavy (non-hydrogen) atoms. The molecule has 0 bridgehead atoms. The molecule has 1 atom stereocenters. The maximum atomic E-state index is 13.3. The largest absolute Gasteiger partial charge is 0.339 e. The van der Waals surface area contributed by atoms with Gasteiger partial charge in [-0.3, -0.25) is 0 Å². The number of anilines is 2. The average Bonchev–Trinajstić information content (AvgIpc) is 2.70. The van der Waals surface area contributed by atoms with Gasteiger partial charge in [-0.05, 0) is 43.2 Å². The molecule has 0 fully saturated rings. The number of likely N-dealkylation sites (N-methyl/N-ethyl adjacent to an activating group) is 1. The number of sulfonamides is 1. The summed E-state index contributed by atoms with van der Waals surface area (Å²) in [5.41, 5.74) is 2.79. The molecule has 0 saturated carbocycles. The Hall–Kier alpha value is -1.37. The number of para-hydroxylation sites is 1. The van der Waals surface area contributed by atoms with Crippen molar-refractivity contribution in [2.45, 2.75) is 44.0 Å². The molecule has 0 amide bonds. The van der Waals surface area contributed by atoms with Gasteiger partial charge in [-0.2, -0.15) is 4.31 Å². The Bertz CT molecular complexity index is 884. The third-order valence-electron chi connectivity index (χ3n) is 5.05. The van der Waals surface area contributed by atoms with E-state index in [1.54, 1.807) is 17.4 Å². The SMILES string of the molecule is CCCCC1CN(c2ccccc2)c2cc(C)c(Br)cc2S(=O)(=O)N1C. The molecule has 1 heterocycles. The number of halogens is 1. The van der Waals surface area contributed by atoms with Crippen LogP contribution in [0.25, 0.3) is 0 Å². The van der Waals surface area contributed by atoms with Crippen LogP contribution in [-0.4, -0.2) is 32.4 Å². The van der Waals surface area contributed by atoms with Crippen LogP contribution < -0.4 is 4.90 Å². The summed E-state index contributed by atoms with van der Waals surface area (Å²) in [6.07, 6.45) is 2.91. The molecule has 6 heteroatoms. The number of benzene rings is 2. The van der Waals surface area contributed by atoms with Crippen LogP contribution in [0.3, 0.4) is 0 Å².